The zero-order valence-electron chi connectivity index (χ0n) is 24.4. The summed E-state index contributed by atoms with van der Waals surface area (Å²) in [6.07, 6.45) is 1.17. The van der Waals surface area contributed by atoms with E-state index in [1.165, 1.54) is 4.90 Å². The summed E-state index contributed by atoms with van der Waals surface area (Å²) in [6.45, 7) is 15.4. The molecule has 2 bridgehead atoms. The monoisotopic (exact) mass is 543 g/mol. The quantitative estimate of drug-likeness (QED) is 0.412. The minimum absolute atomic E-state index is 0.0657. The van der Waals surface area contributed by atoms with Gasteiger partial charge in [-0.25, -0.2) is 0 Å². The van der Waals surface area contributed by atoms with E-state index >= 15 is 0 Å². The summed E-state index contributed by atoms with van der Waals surface area (Å²) in [6, 6.07) is 6.07. The third-order valence-corrected chi connectivity index (χ3v) is 9.65. The number of carbonyl (C=O) groups excluding carboxylic acids is 3. The minimum Gasteiger partial charge on any atom is -0.466 e. The number of carbonyl (C=O) groups is 3. The summed E-state index contributed by atoms with van der Waals surface area (Å²) in [5, 5.41) is 13.5. The van der Waals surface area contributed by atoms with E-state index in [1.807, 2.05) is 52.0 Å². The number of benzene rings is 1. The van der Waals surface area contributed by atoms with Crippen LogP contribution in [0.1, 0.15) is 61.3 Å². The summed E-state index contributed by atoms with van der Waals surface area (Å²) in [5.74, 6) is -2.97. The number of hydrogen-bond donors (Lipinski definition) is 2. The fourth-order valence-electron chi connectivity index (χ4n) is 7.29. The zero-order chi connectivity index (χ0) is 28.7. The average Bonchev–Trinajstić information content (AvgIpc) is 3.43. The van der Waals surface area contributed by atoms with Crippen LogP contribution >= 0.6 is 0 Å². The number of ether oxygens (including phenoxy) is 2. The summed E-state index contributed by atoms with van der Waals surface area (Å²) in [5.41, 5.74) is -0.438. The molecule has 1 aromatic carbocycles. The van der Waals surface area contributed by atoms with Crippen LogP contribution in [0.25, 0.3) is 0 Å². The first-order valence-electron chi connectivity index (χ1n) is 14.5. The lowest BCUT2D eigenvalue weighted by atomic mass is 9.62. The Morgan fingerprint density at radius 1 is 1.21 bits per heavy atom. The van der Waals surface area contributed by atoms with E-state index < -0.39 is 41.1 Å². The lowest BCUT2D eigenvalue weighted by Crippen LogP contribution is -2.57. The SMILES string of the molecule is CCOC(=O)[C@@H]1[C@H]2C(=O)N([C@@H](CO)[C@@H](C)CC)C(C(=O)Nc3ccc(N(CC)CC)cc3)C23CC(C)[C@@]1(C)O3. The highest BCUT2D eigenvalue weighted by molar-refractivity contribution is 6.03. The molecule has 3 saturated heterocycles. The van der Waals surface area contributed by atoms with Crippen molar-refractivity contribution in [2.45, 2.75) is 84.6 Å². The molecule has 0 radical (unpaired) electrons. The minimum atomic E-state index is -1.19. The second kappa shape index (κ2) is 11.1. The van der Waals surface area contributed by atoms with Gasteiger partial charge in [0.05, 0.1) is 30.8 Å². The molecule has 2 amide bonds. The van der Waals surface area contributed by atoms with E-state index in [-0.39, 0.29) is 36.9 Å². The number of aliphatic hydroxyl groups excluding tert-OH is 1. The van der Waals surface area contributed by atoms with Crippen molar-refractivity contribution in [2.75, 3.05) is 36.5 Å². The molecule has 216 valence electrons. The van der Waals surface area contributed by atoms with Gasteiger partial charge in [-0.15, -0.1) is 0 Å². The molecular formula is C30H45N3O6. The molecule has 8 atom stereocenters. The Morgan fingerprint density at radius 3 is 2.38 bits per heavy atom. The van der Waals surface area contributed by atoms with Crippen molar-refractivity contribution < 1.29 is 29.0 Å². The Kier molecular flexibility index (Phi) is 8.34. The van der Waals surface area contributed by atoms with Crippen LogP contribution in [0.2, 0.25) is 0 Å². The maximum atomic E-state index is 14.3. The highest BCUT2D eigenvalue weighted by Crippen LogP contribution is 2.65. The molecule has 4 rings (SSSR count). The third-order valence-electron chi connectivity index (χ3n) is 9.65. The van der Waals surface area contributed by atoms with Crippen LogP contribution in [0.15, 0.2) is 24.3 Å². The smallest absolute Gasteiger partial charge is 0.312 e. The van der Waals surface area contributed by atoms with Gasteiger partial charge in [0.2, 0.25) is 11.8 Å². The first-order chi connectivity index (χ1) is 18.5. The van der Waals surface area contributed by atoms with Crippen molar-refractivity contribution >= 4 is 29.2 Å². The number of amides is 2. The number of hydrogen-bond acceptors (Lipinski definition) is 7. The van der Waals surface area contributed by atoms with Gasteiger partial charge in [0.1, 0.15) is 17.6 Å². The molecule has 0 aromatic heterocycles. The van der Waals surface area contributed by atoms with Gasteiger partial charge in [0.15, 0.2) is 0 Å². The van der Waals surface area contributed by atoms with Gasteiger partial charge in [-0.2, -0.15) is 0 Å². The second-order valence-electron chi connectivity index (χ2n) is 11.5. The molecule has 3 aliphatic rings. The van der Waals surface area contributed by atoms with Crippen molar-refractivity contribution in [1.82, 2.24) is 4.90 Å². The number of anilines is 2. The zero-order valence-corrected chi connectivity index (χ0v) is 24.4. The van der Waals surface area contributed by atoms with Crippen LogP contribution in [0.3, 0.4) is 0 Å². The van der Waals surface area contributed by atoms with Crippen molar-refractivity contribution in [3.8, 4) is 0 Å². The lowest BCUT2D eigenvalue weighted by Gasteiger charge is -2.39. The first kappa shape index (κ1) is 29.3. The first-order valence-corrected chi connectivity index (χ1v) is 14.5. The van der Waals surface area contributed by atoms with E-state index in [9.17, 15) is 19.5 Å². The van der Waals surface area contributed by atoms with E-state index in [1.54, 1.807) is 6.92 Å². The van der Waals surface area contributed by atoms with Crippen LogP contribution in [-0.2, 0) is 23.9 Å². The Labute approximate surface area is 232 Å². The Balaban J connectivity index is 1.76. The van der Waals surface area contributed by atoms with E-state index in [2.05, 4.69) is 24.1 Å². The summed E-state index contributed by atoms with van der Waals surface area (Å²) in [7, 11) is 0. The summed E-state index contributed by atoms with van der Waals surface area (Å²) >= 11 is 0. The van der Waals surface area contributed by atoms with E-state index in [0.717, 1.165) is 18.8 Å². The third kappa shape index (κ3) is 4.51. The van der Waals surface area contributed by atoms with Crippen LogP contribution in [0.4, 0.5) is 11.4 Å². The molecule has 3 unspecified atom stereocenters. The number of fused-ring (bicyclic) bond motifs is 1. The van der Waals surface area contributed by atoms with Gasteiger partial charge in [0.25, 0.3) is 0 Å². The van der Waals surface area contributed by atoms with Crippen LogP contribution in [-0.4, -0.2) is 77.4 Å². The Hall–Kier alpha value is -2.65. The van der Waals surface area contributed by atoms with E-state index in [4.69, 9.17) is 9.47 Å². The number of rotatable bonds is 11. The maximum Gasteiger partial charge on any atom is 0.312 e. The number of esters is 1. The molecule has 3 aliphatic heterocycles. The molecule has 0 aliphatic carbocycles. The lowest BCUT2D eigenvalue weighted by molar-refractivity contribution is -0.162. The molecule has 9 nitrogen and oxygen atoms in total. The number of nitrogens with zero attached hydrogens (tertiary/aromatic N) is 2. The van der Waals surface area contributed by atoms with Crippen LogP contribution in [0.5, 0.6) is 0 Å². The van der Waals surface area contributed by atoms with Crippen molar-refractivity contribution in [3.05, 3.63) is 24.3 Å². The molecule has 3 fully saturated rings. The maximum absolute atomic E-state index is 14.3. The molecule has 39 heavy (non-hydrogen) atoms. The molecule has 0 saturated carbocycles. The Bertz CT molecular complexity index is 1070. The van der Waals surface area contributed by atoms with Crippen LogP contribution in [0, 0.1) is 23.7 Å². The molecule has 9 heteroatoms. The normalized spacial score (nSPS) is 32.6. The number of aliphatic hydroxyl groups is 1. The second-order valence-corrected chi connectivity index (χ2v) is 11.5. The van der Waals surface area contributed by atoms with Gasteiger partial charge in [0, 0.05) is 24.5 Å². The summed E-state index contributed by atoms with van der Waals surface area (Å²) in [4.78, 5) is 45.5. The molecule has 1 aromatic rings. The van der Waals surface area contributed by atoms with Gasteiger partial charge >= 0.3 is 5.97 Å². The average molecular weight is 544 g/mol. The largest absolute Gasteiger partial charge is 0.466 e. The Morgan fingerprint density at radius 2 is 1.85 bits per heavy atom. The predicted octanol–water partition coefficient (Wildman–Crippen LogP) is 3.45. The van der Waals surface area contributed by atoms with E-state index in [0.29, 0.717) is 18.5 Å². The number of nitrogens with one attached hydrogen (secondary N) is 1. The van der Waals surface area contributed by atoms with Crippen LogP contribution < -0.4 is 10.2 Å². The van der Waals surface area contributed by atoms with Gasteiger partial charge in [-0.05, 0) is 70.2 Å². The fourth-order valence-corrected chi connectivity index (χ4v) is 7.29. The van der Waals surface area contributed by atoms with Gasteiger partial charge in [-0.1, -0.05) is 27.2 Å². The molecule has 2 N–H and O–H groups in total. The molecular weight excluding hydrogens is 498 g/mol. The molecule has 3 heterocycles. The van der Waals surface area contributed by atoms with Crippen molar-refractivity contribution in [2.24, 2.45) is 23.7 Å². The van der Waals surface area contributed by atoms with Crippen molar-refractivity contribution in [1.29, 1.82) is 0 Å². The highest BCUT2D eigenvalue weighted by atomic mass is 16.6. The standard InChI is InChI=1S/C30H45N3O6/c1-8-18(5)22(17-34)33-25(26(35)31-20-12-14-21(15-13-20)32(9-2)10-3)30-16-19(6)29(7,39-30)24(23(30)27(33)36)28(37)38-11-4/h12-15,18-19,22-25,34H,8-11,16-17H2,1-7H3,(H,31,35)/t18-,19?,22-,23-,24-,25?,29+,30?/m0/s1. The van der Waals surface area contributed by atoms with Gasteiger partial charge < -0.3 is 29.7 Å². The van der Waals surface area contributed by atoms with Gasteiger partial charge in [-0.3, -0.25) is 14.4 Å². The number of likely N-dealkylation sites (tertiary alicyclic amines) is 1. The van der Waals surface area contributed by atoms with Crippen molar-refractivity contribution in [3.63, 3.8) is 0 Å². The fraction of sp³-hybridized carbons (Fsp3) is 0.700. The topological polar surface area (TPSA) is 108 Å². The predicted molar refractivity (Wildman–Crippen MR) is 149 cm³/mol. The molecule has 1 spiro atoms. The highest BCUT2D eigenvalue weighted by Gasteiger charge is 2.80. The summed E-state index contributed by atoms with van der Waals surface area (Å²) < 4.78 is 12.1.